The summed E-state index contributed by atoms with van der Waals surface area (Å²) in [5, 5.41) is 0. The molecule has 0 saturated heterocycles. The van der Waals surface area contributed by atoms with E-state index >= 15 is 0 Å². The lowest BCUT2D eigenvalue weighted by Gasteiger charge is -2.36. The van der Waals surface area contributed by atoms with Gasteiger partial charge in [-0.25, -0.2) is 4.98 Å². The van der Waals surface area contributed by atoms with Gasteiger partial charge < -0.3 is 9.30 Å². The number of halogens is 1. The minimum atomic E-state index is 0.391. The van der Waals surface area contributed by atoms with Crippen LogP contribution in [0.4, 0.5) is 0 Å². The molecule has 0 bridgehead atoms. The number of nitrogens with zero attached hydrogens (tertiary/aromatic N) is 2. The zero-order valence-electron chi connectivity index (χ0n) is 13.0. The summed E-state index contributed by atoms with van der Waals surface area (Å²) >= 11 is 6.17. The van der Waals surface area contributed by atoms with E-state index < -0.39 is 0 Å². The van der Waals surface area contributed by atoms with E-state index in [4.69, 9.17) is 21.3 Å². The van der Waals surface area contributed by atoms with Crippen LogP contribution in [0, 0.1) is 5.41 Å². The molecular weight excluding hydrogens is 284 g/mol. The lowest BCUT2D eigenvalue weighted by atomic mass is 9.75. The molecule has 1 unspecified atom stereocenters. The third-order valence-corrected chi connectivity index (χ3v) is 4.88. The zero-order valence-corrected chi connectivity index (χ0v) is 13.8. The van der Waals surface area contributed by atoms with E-state index in [0.29, 0.717) is 17.3 Å². The monoisotopic (exact) mass is 306 g/mol. The molecule has 1 atom stereocenters. The van der Waals surface area contributed by atoms with Gasteiger partial charge in [0.1, 0.15) is 17.1 Å². The predicted molar refractivity (Wildman–Crippen MR) is 87.1 cm³/mol. The van der Waals surface area contributed by atoms with Crippen molar-refractivity contribution in [1.82, 2.24) is 9.55 Å². The van der Waals surface area contributed by atoms with Crippen LogP contribution in [0.2, 0.25) is 0 Å². The fraction of sp³-hybridized carbons (Fsp3) is 0.588. The smallest absolute Gasteiger partial charge is 0.146 e. The van der Waals surface area contributed by atoms with E-state index in [1.165, 1.54) is 25.7 Å². The summed E-state index contributed by atoms with van der Waals surface area (Å²) in [6, 6.07) is 6.61. The maximum atomic E-state index is 6.17. The number of hydrogen-bond acceptors (Lipinski definition) is 2. The quantitative estimate of drug-likeness (QED) is 0.752. The van der Waals surface area contributed by atoms with Crippen LogP contribution in [0.3, 0.4) is 0 Å². The van der Waals surface area contributed by atoms with Crippen molar-refractivity contribution in [2.45, 2.75) is 51.5 Å². The standard InChI is InChI=1S/C17H23ClN2O/c1-17(2)9-5-6-12(10-17)20-13-7-4-8-14(21-3)16(13)19-15(20)11-18/h4,7-8,12H,5-6,9-11H2,1-3H3. The number of hydrogen-bond donors (Lipinski definition) is 0. The van der Waals surface area contributed by atoms with Crippen molar-refractivity contribution in [3.63, 3.8) is 0 Å². The van der Waals surface area contributed by atoms with E-state index in [9.17, 15) is 0 Å². The van der Waals surface area contributed by atoms with Crippen LogP contribution in [0.25, 0.3) is 11.0 Å². The Bertz CT molecular complexity index is 648. The number of benzene rings is 1. The molecule has 0 spiro atoms. The lowest BCUT2D eigenvalue weighted by molar-refractivity contribution is 0.184. The molecule has 1 aromatic heterocycles. The Kier molecular flexibility index (Phi) is 3.87. The minimum absolute atomic E-state index is 0.391. The fourth-order valence-corrected chi connectivity index (χ4v) is 3.87. The highest BCUT2D eigenvalue weighted by atomic mass is 35.5. The molecule has 0 N–H and O–H groups in total. The van der Waals surface area contributed by atoms with Gasteiger partial charge in [-0.05, 0) is 36.8 Å². The van der Waals surface area contributed by atoms with Crippen molar-refractivity contribution in [2.75, 3.05) is 7.11 Å². The van der Waals surface area contributed by atoms with Crippen LogP contribution in [0.1, 0.15) is 51.4 Å². The summed E-state index contributed by atoms with van der Waals surface area (Å²) in [6.45, 7) is 4.72. The van der Waals surface area contributed by atoms with Crippen molar-refractivity contribution in [2.24, 2.45) is 5.41 Å². The van der Waals surface area contributed by atoms with Crippen molar-refractivity contribution in [3.8, 4) is 5.75 Å². The number of imidazole rings is 1. The minimum Gasteiger partial charge on any atom is -0.494 e. The molecule has 4 heteroatoms. The average molecular weight is 307 g/mol. The summed E-state index contributed by atoms with van der Waals surface area (Å²) in [5.74, 6) is 2.22. The van der Waals surface area contributed by atoms with E-state index in [1.807, 2.05) is 12.1 Å². The van der Waals surface area contributed by atoms with E-state index in [1.54, 1.807) is 7.11 Å². The van der Waals surface area contributed by atoms with Gasteiger partial charge in [0.25, 0.3) is 0 Å². The summed E-state index contributed by atoms with van der Waals surface area (Å²) in [7, 11) is 1.69. The topological polar surface area (TPSA) is 27.1 Å². The van der Waals surface area contributed by atoms with Gasteiger partial charge in [-0.3, -0.25) is 0 Å². The van der Waals surface area contributed by atoms with E-state index in [-0.39, 0.29) is 0 Å². The molecule has 21 heavy (non-hydrogen) atoms. The lowest BCUT2D eigenvalue weighted by Crippen LogP contribution is -2.25. The Morgan fingerprint density at radius 1 is 1.43 bits per heavy atom. The molecule has 1 aromatic carbocycles. The maximum Gasteiger partial charge on any atom is 0.146 e. The molecule has 0 aliphatic heterocycles. The molecular formula is C17H23ClN2O. The molecule has 1 heterocycles. The van der Waals surface area contributed by atoms with Gasteiger partial charge >= 0.3 is 0 Å². The summed E-state index contributed by atoms with van der Waals surface area (Å²) in [6.07, 6.45) is 4.95. The largest absolute Gasteiger partial charge is 0.494 e. The Hall–Kier alpha value is -1.22. The third-order valence-electron chi connectivity index (χ3n) is 4.64. The highest BCUT2D eigenvalue weighted by molar-refractivity contribution is 6.16. The van der Waals surface area contributed by atoms with Crippen molar-refractivity contribution in [1.29, 1.82) is 0 Å². The number of fused-ring (bicyclic) bond motifs is 1. The van der Waals surface area contributed by atoms with Crippen LogP contribution >= 0.6 is 11.6 Å². The molecule has 1 saturated carbocycles. The first-order chi connectivity index (χ1) is 10.1. The molecule has 2 aromatic rings. The number of rotatable bonds is 3. The summed E-state index contributed by atoms with van der Waals surface area (Å²) in [4.78, 5) is 4.73. The van der Waals surface area contributed by atoms with Crippen LogP contribution in [0.5, 0.6) is 5.75 Å². The number of alkyl halides is 1. The van der Waals surface area contributed by atoms with Gasteiger partial charge in [-0.1, -0.05) is 26.3 Å². The van der Waals surface area contributed by atoms with Crippen LogP contribution in [0.15, 0.2) is 18.2 Å². The molecule has 0 radical (unpaired) electrons. The van der Waals surface area contributed by atoms with Crippen molar-refractivity contribution in [3.05, 3.63) is 24.0 Å². The highest BCUT2D eigenvalue weighted by Crippen LogP contribution is 2.43. The second-order valence-corrected chi connectivity index (χ2v) is 7.04. The molecule has 3 rings (SSSR count). The predicted octanol–water partition coefficient (Wildman–Crippen LogP) is 4.93. The first kappa shape index (κ1) is 14.7. The van der Waals surface area contributed by atoms with Crippen molar-refractivity contribution >= 4 is 22.6 Å². The second-order valence-electron chi connectivity index (χ2n) is 6.77. The van der Waals surface area contributed by atoms with Crippen LogP contribution < -0.4 is 4.74 Å². The maximum absolute atomic E-state index is 6.17. The first-order valence-corrected chi connectivity index (χ1v) is 8.19. The van der Waals surface area contributed by atoms with Crippen LogP contribution in [-0.2, 0) is 5.88 Å². The molecule has 3 nitrogen and oxygen atoms in total. The van der Waals surface area contributed by atoms with Gasteiger partial charge in [-0.2, -0.15) is 0 Å². The van der Waals surface area contributed by atoms with Gasteiger partial charge in [0.05, 0.1) is 18.5 Å². The average Bonchev–Trinajstić information content (AvgIpc) is 2.84. The number of para-hydroxylation sites is 1. The SMILES string of the molecule is COc1cccc2c1nc(CCl)n2C1CCCC(C)(C)C1. The van der Waals surface area contributed by atoms with Crippen molar-refractivity contribution < 1.29 is 4.74 Å². The number of aromatic nitrogens is 2. The normalized spacial score (nSPS) is 21.6. The van der Waals surface area contributed by atoms with Gasteiger partial charge in [0.15, 0.2) is 0 Å². The first-order valence-electron chi connectivity index (χ1n) is 7.65. The number of methoxy groups -OCH3 is 1. The van der Waals surface area contributed by atoms with Gasteiger partial charge in [0, 0.05) is 6.04 Å². The molecule has 114 valence electrons. The fourth-order valence-electron chi connectivity index (χ4n) is 3.68. The molecule has 1 aliphatic carbocycles. The molecule has 1 aliphatic rings. The molecule has 1 fully saturated rings. The third kappa shape index (κ3) is 2.64. The molecule has 0 amide bonds. The summed E-state index contributed by atoms with van der Waals surface area (Å²) in [5.41, 5.74) is 2.47. The highest BCUT2D eigenvalue weighted by Gasteiger charge is 2.31. The van der Waals surface area contributed by atoms with E-state index in [2.05, 4.69) is 24.5 Å². The van der Waals surface area contributed by atoms with Gasteiger partial charge in [-0.15, -0.1) is 11.6 Å². The Morgan fingerprint density at radius 2 is 2.24 bits per heavy atom. The van der Waals surface area contributed by atoms with E-state index in [0.717, 1.165) is 22.6 Å². The second kappa shape index (κ2) is 5.53. The Balaban J connectivity index is 2.12. The summed E-state index contributed by atoms with van der Waals surface area (Å²) < 4.78 is 7.80. The van der Waals surface area contributed by atoms with Gasteiger partial charge in [0.2, 0.25) is 0 Å². The number of ether oxygens (including phenoxy) is 1. The zero-order chi connectivity index (χ0) is 15.0. The Morgan fingerprint density at radius 3 is 2.90 bits per heavy atom. The Labute approximate surface area is 131 Å². The van der Waals surface area contributed by atoms with Crippen LogP contribution in [-0.4, -0.2) is 16.7 Å².